The minimum atomic E-state index is -0.748. The highest BCUT2D eigenvalue weighted by Gasteiger charge is 2.26. The third-order valence-corrected chi connectivity index (χ3v) is 6.48. The summed E-state index contributed by atoms with van der Waals surface area (Å²) in [7, 11) is 1.46. The second kappa shape index (κ2) is 10.8. The molecular formula is C22H21N3O6S2. The number of thiazole rings is 1. The van der Waals surface area contributed by atoms with Crippen LogP contribution in [0.2, 0.25) is 0 Å². The predicted octanol–water partition coefficient (Wildman–Crippen LogP) is 3.51. The number of carbonyl (C=O) groups is 4. The van der Waals surface area contributed by atoms with Gasteiger partial charge in [0.25, 0.3) is 11.8 Å². The van der Waals surface area contributed by atoms with E-state index in [9.17, 15) is 19.2 Å². The lowest BCUT2D eigenvalue weighted by Crippen LogP contribution is -2.22. The molecule has 0 aliphatic rings. The normalized spacial score (nSPS) is 10.4. The highest BCUT2D eigenvalue weighted by molar-refractivity contribution is 7.18. The van der Waals surface area contributed by atoms with Crippen LogP contribution in [0, 0.1) is 6.92 Å². The summed E-state index contributed by atoms with van der Waals surface area (Å²) in [5.41, 5.74) is 1.44. The first kappa shape index (κ1) is 24.1. The number of carbonyl (C=O) groups excluding carboxylic acids is 4. The molecule has 0 unspecified atom stereocenters. The van der Waals surface area contributed by atoms with E-state index in [0.717, 1.165) is 16.9 Å². The number of amides is 2. The van der Waals surface area contributed by atoms with E-state index in [-0.39, 0.29) is 27.7 Å². The van der Waals surface area contributed by atoms with E-state index in [0.29, 0.717) is 10.6 Å². The van der Waals surface area contributed by atoms with Crippen LogP contribution in [-0.4, -0.2) is 49.0 Å². The maximum Gasteiger partial charge on any atom is 0.358 e. The van der Waals surface area contributed by atoms with Crippen molar-refractivity contribution in [2.24, 2.45) is 0 Å². The molecule has 2 N–H and O–H groups in total. The summed E-state index contributed by atoms with van der Waals surface area (Å²) in [6.07, 6.45) is 0. The number of benzene rings is 1. The second-order valence-electron chi connectivity index (χ2n) is 6.59. The number of thiophene rings is 1. The van der Waals surface area contributed by atoms with Crippen molar-refractivity contribution in [1.29, 1.82) is 0 Å². The van der Waals surface area contributed by atoms with Gasteiger partial charge in [-0.1, -0.05) is 30.3 Å². The van der Waals surface area contributed by atoms with Gasteiger partial charge in [-0.25, -0.2) is 14.6 Å². The van der Waals surface area contributed by atoms with Crippen molar-refractivity contribution >= 4 is 51.4 Å². The van der Waals surface area contributed by atoms with E-state index in [1.54, 1.807) is 19.2 Å². The molecule has 0 bridgehead atoms. The van der Waals surface area contributed by atoms with E-state index >= 15 is 0 Å². The van der Waals surface area contributed by atoms with Crippen LogP contribution in [0.5, 0.6) is 0 Å². The molecule has 0 aliphatic heterocycles. The number of ether oxygens (including phenoxy) is 2. The van der Waals surface area contributed by atoms with Crippen LogP contribution in [-0.2, 0) is 14.3 Å². The standard InChI is InChI=1S/C22H21N3O6S2/c1-4-30-22(29)16-12(2)17(18(27)23-3)33-20(16)25-15(26)10-31-21(28)14-11-32-19(24-14)13-8-6-5-7-9-13/h5-9,11H,4,10H2,1-3H3,(H,23,27)(H,25,26). The number of anilines is 1. The first-order valence-corrected chi connectivity index (χ1v) is 11.6. The van der Waals surface area contributed by atoms with Crippen LogP contribution >= 0.6 is 22.7 Å². The molecule has 11 heteroatoms. The fourth-order valence-electron chi connectivity index (χ4n) is 2.83. The number of aromatic nitrogens is 1. The van der Waals surface area contributed by atoms with E-state index < -0.39 is 30.4 Å². The summed E-state index contributed by atoms with van der Waals surface area (Å²) in [4.78, 5) is 53.7. The predicted molar refractivity (Wildman–Crippen MR) is 125 cm³/mol. The molecule has 2 aromatic heterocycles. The highest BCUT2D eigenvalue weighted by Crippen LogP contribution is 2.33. The Balaban J connectivity index is 1.68. The quantitative estimate of drug-likeness (QED) is 0.466. The number of rotatable bonds is 8. The maximum atomic E-state index is 12.4. The lowest BCUT2D eigenvalue weighted by Gasteiger charge is -2.07. The second-order valence-corrected chi connectivity index (χ2v) is 8.47. The molecule has 1 aromatic carbocycles. The van der Waals surface area contributed by atoms with Crippen LogP contribution in [0.15, 0.2) is 35.7 Å². The Morgan fingerprint density at radius 1 is 1.06 bits per heavy atom. The van der Waals surface area contributed by atoms with Crippen LogP contribution in [0.3, 0.4) is 0 Å². The summed E-state index contributed by atoms with van der Waals surface area (Å²) in [6, 6.07) is 9.36. The molecule has 33 heavy (non-hydrogen) atoms. The van der Waals surface area contributed by atoms with Gasteiger partial charge < -0.3 is 20.1 Å². The van der Waals surface area contributed by atoms with Gasteiger partial charge in [0.1, 0.15) is 10.0 Å². The van der Waals surface area contributed by atoms with Gasteiger partial charge in [0.05, 0.1) is 17.0 Å². The van der Waals surface area contributed by atoms with E-state index in [2.05, 4.69) is 15.6 Å². The largest absolute Gasteiger partial charge is 0.462 e. The minimum Gasteiger partial charge on any atom is -0.462 e. The van der Waals surface area contributed by atoms with Crippen molar-refractivity contribution in [1.82, 2.24) is 10.3 Å². The van der Waals surface area contributed by atoms with Crippen LogP contribution in [0.25, 0.3) is 10.6 Å². The first-order chi connectivity index (χ1) is 15.8. The molecule has 0 atom stereocenters. The number of nitrogens with one attached hydrogen (secondary N) is 2. The third kappa shape index (κ3) is 5.62. The van der Waals surface area contributed by atoms with E-state index in [1.807, 2.05) is 30.3 Å². The smallest absolute Gasteiger partial charge is 0.358 e. The molecule has 0 saturated heterocycles. The first-order valence-electron chi connectivity index (χ1n) is 9.86. The summed E-state index contributed by atoms with van der Waals surface area (Å²) >= 11 is 2.22. The van der Waals surface area contributed by atoms with Crippen molar-refractivity contribution in [3.8, 4) is 10.6 Å². The maximum absolute atomic E-state index is 12.4. The molecule has 2 amide bonds. The third-order valence-electron chi connectivity index (χ3n) is 4.38. The fourth-order valence-corrected chi connectivity index (χ4v) is 4.78. The zero-order valence-corrected chi connectivity index (χ0v) is 19.7. The Morgan fingerprint density at radius 2 is 1.79 bits per heavy atom. The van der Waals surface area contributed by atoms with Gasteiger partial charge in [-0.3, -0.25) is 9.59 Å². The number of nitrogens with zero attached hydrogens (tertiary/aromatic N) is 1. The Hall–Kier alpha value is -3.57. The molecule has 0 aliphatic carbocycles. The monoisotopic (exact) mass is 487 g/mol. The van der Waals surface area contributed by atoms with Crippen molar-refractivity contribution in [2.45, 2.75) is 13.8 Å². The van der Waals surface area contributed by atoms with Crippen molar-refractivity contribution < 1.29 is 28.7 Å². The molecule has 3 aromatic rings. The Bertz CT molecular complexity index is 1190. The van der Waals surface area contributed by atoms with Gasteiger partial charge in [-0.05, 0) is 19.4 Å². The molecule has 9 nitrogen and oxygen atoms in total. The number of esters is 2. The molecule has 2 heterocycles. The minimum absolute atomic E-state index is 0.0899. The molecule has 0 radical (unpaired) electrons. The summed E-state index contributed by atoms with van der Waals surface area (Å²) < 4.78 is 10.1. The van der Waals surface area contributed by atoms with E-state index in [1.165, 1.54) is 18.4 Å². The summed E-state index contributed by atoms with van der Waals surface area (Å²) in [5, 5.41) is 7.38. The summed E-state index contributed by atoms with van der Waals surface area (Å²) in [5.74, 6) is -2.47. The van der Waals surface area contributed by atoms with Gasteiger partial charge in [0, 0.05) is 18.0 Å². The lowest BCUT2D eigenvalue weighted by molar-refractivity contribution is -0.119. The molecule has 0 saturated carbocycles. The lowest BCUT2D eigenvalue weighted by atomic mass is 10.1. The molecule has 172 valence electrons. The molecule has 0 spiro atoms. The molecule has 0 fully saturated rings. The van der Waals surface area contributed by atoms with Gasteiger partial charge in [0.15, 0.2) is 12.3 Å². The average molecular weight is 488 g/mol. The topological polar surface area (TPSA) is 124 Å². The Labute approximate surface area is 197 Å². The van der Waals surface area contributed by atoms with Gasteiger partial charge in [0.2, 0.25) is 0 Å². The summed E-state index contributed by atoms with van der Waals surface area (Å²) in [6.45, 7) is 2.78. The van der Waals surface area contributed by atoms with Crippen molar-refractivity contribution in [2.75, 3.05) is 25.6 Å². The Morgan fingerprint density at radius 3 is 2.45 bits per heavy atom. The van der Waals surface area contributed by atoms with Crippen molar-refractivity contribution in [3.63, 3.8) is 0 Å². The van der Waals surface area contributed by atoms with Crippen LogP contribution in [0.1, 0.15) is 43.0 Å². The number of hydrogen-bond acceptors (Lipinski definition) is 9. The van der Waals surface area contributed by atoms with Gasteiger partial charge >= 0.3 is 11.9 Å². The number of hydrogen-bond donors (Lipinski definition) is 2. The molecule has 3 rings (SSSR count). The van der Waals surface area contributed by atoms with Crippen LogP contribution in [0.4, 0.5) is 5.00 Å². The van der Waals surface area contributed by atoms with Crippen LogP contribution < -0.4 is 10.6 Å². The van der Waals surface area contributed by atoms with Gasteiger partial charge in [-0.2, -0.15) is 0 Å². The Kier molecular flexibility index (Phi) is 7.91. The fraction of sp³-hybridized carbons (Fsp3) is 0.227. The van der Waals surface area contributed by atoms with Crippen molar-refractivity contribution in [3.05, 3.63) is 57.4 Å². The zero-order chi connectivity index (χ0) is 24.0. The van der Waals surface area contributed by atoms with Gasteiger partial charge in [-0.15, -0.1) is 22.7 Å². The van der Waals surface area contributed by atoms with E-state index in [4.69, 9.17) is 9.47 Å². The molecular weight excluding hydrogens is 466 g/mol. The average Bonchev–Trinajstić information content (AvgIpc) is 3.43. The zero-order valence-electron chi connectivity index (χ0n) is 18.1. The SMILES string of the molecule is CCOC(=O)c1c(NC(=O)COC(=O)c2csc(-c3ccccc3)n2)sc(C(=O)NC)c1C. The highest BCUT2D eigenvalue weighted by atomic mass is 32.1.